The molecule has 0 aliphatic heterocycles. The van der Waals surface area contributed by atoms with Crippen LogP contribution in [0.25, 0.3) is 0 Å². The summed E-state index contributed by atoms with van der Waals surface area (Å²) in [6.45, 7) is 0.331. The van der Waals surface area contributed by atoms with Crippen molar-refractivity contribution in [3.8, 4) is 5.75 Å². The molecule has 0 saturated heterocycles. The zero-order valence-electron chi connectivity index (χ0n) is 11.4. The first-order valence-corrected chi connectivity index (χ1v) is 6.46. The minimum absolute atomic E-state index is 0. The summed E-state index contributed by atoms with van der Waals surface area (Å²) in [5.74, 6) is -0.446. The van der Waals surface area contributed by atoms with E-state index in [9.17, 15) is 9.18 Å². The van der Waals surface area contributed by atoms with Gasteiger partial charge < -0.3 is 15.8 Å². The SMILES string of the molecule is COc1ccc(NC(=O)C2(CN)CCCC2)cc1F.Cl. The normalized spacial score (nSPS) is 16.4. The maximum Gasteiger partial charge on any atom is 0.231 e. The highest BCUT2D eigenvalue weighted by atomic mass is 35.5. The molecule has 1 aromatic carbocycles. The highest BCUT2D eigenvalue weighted by Gasteiger charge is 2.39. The zero-order valence-corrected chi connectivity index (χ0v) is 12.3. The van der Waals surface area contributed by atoms with E-state index in [1.165, 1.54) is 19.2 Å². The fourth-order valence-corrected chi connectivity index (χ4v) is 2.58. The van der Waals surface area contributed by atoms with Crippen LogP contribution in [0.2, 0.25) is 0 Å². The number of hydrogen-bond acceptors (Lipinski definition) is 3. The van der Waals surface area contributed by atoms with Crippen LogP contribution in [0.3, 0.4) is 0 Å². The van der Waals surface area contributed by atoms with Gasteiger partial charge in [-0.15, -0.1) is 12.4 Å². The van der Waals surface area contributed by atoms with Crippen LogP contribution in [0.1, 0.15) is 25.7 Å². The molecule has 1 aliphatic carbocycles. The third kappa shape index (κ3) is 3.22. The summed E-state index contributed by atoms with van der Waals surface area (Å²) < 4.78 is 18.4. The van der Waals surface area contributed by atoms with E-state index in [0.29, 0.717) is 12.2 Å². The Morgan fingerprint density at radius 1 is 1.45 bits per heavy atom. The summed E-state index contributed by atoms with van der Waals surface area (Å²) >= 11 is 0. The van der Waals surface area contributed by atoms with Crippen LogP contribution in [-0.4, -0.2) is 19.6 Å². The molecular weight excluding hydrogens is 283 g/mol. The van der Waals surface area contributed by atoms with Gasteiger partial charge in [-0.1, -0.05) is 12.8 Å². The van der Waals surface area contributed by atoms with Gasteiger partial charge in [-0.05, 0) is 25.0 Å². The molecule has 0 bridgehead atoms. The molecule has 3 N–H and O–H groups in total. The highest BCUT2D eigenvalue weighted by Crippen LogP contribution is 2.38. The van der Waals surface area contributed by atoms with E-state index in [4.69, 9.17) is 10.5 Å². The molecule has 0 radical (unpaired) electrons. The Hall–Kier alpha value is -1.33. The van der Waals surface area contributed by atoms with Gasteiger partial charge in [0.1, 0.15) is 0 Å². The number of amides is 1. The predicted molar refractivity (Wildman–Crippen MR) is 78.8 cm³/mol. The number of halogens is 2. The Kier molecular flexibility index (Phi) is 5.77. The second kappa shape index (κ2) is 6.90. The van der Waals surface area contributed by atoms with Crippen LogP contribution in [0, 0.1) is 11.2 Å². The van der Waals surface area contributed by atoms with Crippen LogP contribution in [-0.2, 0) is 4.79 Å². The first-order chi connectivity index (χ1) is 9.11. The van der Waals surface area contributed by atoms with E-state index in [-0.39, 0.29) is 24.1 Å². The number of hydrogen-bond donors (Lipinski definition) is 2. The Labute approximate surface area is 124 Å². The number of methoxy groups -OCH3 is 1. The van der Waals surface area contributed by atoms with Crippen molar-refractivity contribution < 1.29 is 13.9 Å². The molecule has 1 fully saturated rings. The summed E-state index contributed by atoms with van der Waals surface area (Å²) in [7, 11) is 1.40. The number of nitrogens with two attached hydrogens (primary N) is 1. The molecule has 4 nitrogen and oxygen atoms in total. The van der Waals surface area contributed by atoms with Crippen LogP contribution in [0.15, 0.2) is 18.2 Å². The number of benzene rings is 1. The zero-order chi connectivity index (χ0) is 13.9. The summed E-state index contributed by atoms with van der Waals surface area (Å²) in [5.41, 5.74) is 5.69. The lowest BCUT2D eigenvalue weighted by atomic mass is 9.85. The summed E-state index contributed by atoms with van der Waals surface area (Å²) in [5, 5.41) is 2.75. The van der Waals surface area contributed by atoms with E-state index >= 15 is 0 Å². The molecule has 0 heterocycles. The predicted octanol–water partition coefficient (Wildman–Crippen LogP) is 2.71. The van der Waals surface area contributed by atoms with Crippen molar-refractivity contribution >= 4 is 24.0 Å². The van der Waals surface area contributed by atoms with E-state index in [2.05, 4.69) is 5.32 Å². The second-order valence-electron chi connectivity index (χ2n) is 5.00. The number of anilines is 1. The van der Waals surface area contributed by atoms with Crippen molar-refractivity contribution in [2.45, 2.75) is 25.7 Å². The third-order valence-electron chi connectivity index (χ3n) is 3.84. The fraction of sp³-hybridized carbons (Fsp3) is 0.500. The largest absolute Gasteiger partial charge is 0.494 e. The summed E-state index contributed by atoms with van der Waals surface area (Å²) in [6.07, 6.45) is 3.63. The topological polar surface area (TPSA) is 64.3 Å². The average Bonchev–Trinajstić information content (AvgIpc) is 2.89. The molecule has 1 saturated carbocycles. The maximum absolute atomic E-state index is 13.6. The van der Waals surface area contributed by atoms with Crippen molar-refractivity contribution in [2.24, 2.45) is 11.1 Å². The van der Waals surface area contributed by atoms with Gasteiger partial charge in [0.2, 0.25) is 5.91 Å². The van der Waals surface area contributed by atoms with E-state index in [0.717, 1.165) is 25.7 Å². The smallest absolute Gasteiger partial charge is 0.231 e. The third-order valence-corrected chi connectivity index (χ3v) is 3.84. The average molecular weight is 303 g/mol. The van der Waals surface area contributed by atoms with E-state index in [1.807, 2.05) is 0 Å². The Bertz CT molecular complexity index is 476. The van der Waals surface area contributed by atoms with Crippen molar-refractivity contribution in [2.75, 3.05) is 19.0 Å². The number of carbonyl (C=O) groups is 1. The van der Waals surface area contributed by atoms with Gasteiger partial charge >= 0.3 is 0 Å². The van der Waals surface area contributed by atoms with Crippen LogP contribution < -0.4 is 15.8 Å². The molecule has 2 rings (SSSR count). The molecule has 0 atom stereocenters. The van der Waals surface area contributed by atoms with Crippen molar-refractivity contribution in [1.82, 2.24) is 0 Å². The standard InChI is InChI=1S/C14H19FN2O2.ClH/c1-19-12-5-4-10(8-11(12)15)17-13(18)14(9-16)6-2-3-7-14;/h4-5,8H,2-3,6-7,9,16H2,1H3,(H,17,18);1H. The van der Waals surface area contributed by atoms with E-state index < -0.39 is 11.2 Å². The molecule has 20 heavy (non-hydrogen) atoms. The lowest BCUT2D eigenvalue weighted by Gasteiger charge is -2.25. The van der Waals surface area contributed by atoms with E-state index in [1.54, 1.807) is 6.07 Å². The number of carbonyl (C=O) groups excluding carboxylic acids is 1. The lowest BCUT2D eigenvalue weighted by Crippen LogP contribution is -2.40. The van der Waals surface area contributed by atoms with Gasteiger partial charge in [0.15, 0.2) is 11.6 Å². The molecular formula is C14H20ClFN2O2. The quantitative estimate of drug-likeness (QED) is 0.899. The Morgan fingerprint density at radius 3 is 2.60 bits per heavy atom. The molecule has 1 amide bonds. The van der Waals surface area contributed by atoms with Crippen LogP contribution in [0.5, 0.6) is 5.75 Å². The van der Waals surface area contributed by atoms with Crippen molar-refractivity contribution in [3.63, 3.8) is 0 Å². The maximum atomic E-state index is 13.6. The van der Waals surface area contributed by atoms with Gasteiger partial charge in [-0.2, -0.15) is 0 Å². The minimum atomic E-state index is -0.492. The number of rotatable bonds is 4. The number of nitrogens with one attached hydrogen (secondary N) is 1. The van der Waals surface area contributed by atoms with Crippen LogP contribution in [0.4, 0.5) is 10.1 Å². The summed E-state index contributed by atoms with van der Waals surface area (Å²) in [6, 6.07) is 4.38. The first-order valence-electron chi connectivity index (χ1n) is 6.46. The molecule has 6 heteroatoms. The molecule has 1 aromatic rings. The van der Waals surface area contributed by atoms with Gasteiger partial charge in [0.05, 0.1) is 12.5 Å². The molecule has 0 aromatic heterocycles. The van der Waals surface area contributed by atoms with Gasteiger partial charge in [0.25, 0.3) is 0 Å². The fourth-order valence-electron chi connectivity index (χ4n) is 2.58. The van der Waals surface area contributed by atoms with Crippen molar-refractivity contribution in [3.05, 3.63) is 24.0 Å². The molecule has 0 unspecified atom stereocenters. The van der Waals surface area contributed by atoms with Gasteiger partial charge in [0, 0.05) is 18.3 Å². The highest BCUT2D eigenvalue weighted by molar-refractivity contribution is 5.95. The minimum Gasteiger partial charge on any atom is -0.494 e. The van der Waals surface area contributed by atoms with Gasteiger partial charge in [-0.25, -0.2) is 4.39 Å². The monoisotopic (exact) mass is 302 g/mol. The Balaban J connectivity index is 0.00000200. The van der Waals surface area contributed by atoms with Crippen molar-refractivity contribution in [1.29, 1.82) is 0 Å². The second-order valence-corrected chi connectivity index (χ2v) is 5.00. The van der Waals surface area contributed by atoms with Crippen LogP contribution >= 0.6 is 12.4 Å². The van der Waals surface area contributed by atoms with Gasteiger partial charge in [-0.3, -0.25) is 4.79 Å². The molecule has 0 spiro atoms. The Morgan fingerprint density at radius 2 is 2.10 bits per heavy atom. The number of ether oxygens (including phenoxy) is 1. The molecule has 112 valence electrons. The molecule has 1 aliphatic rings. The summed E-state index contributed by atoms with van der Waals surface area (Å²) in [4.78, 5) is 12.3. The first kappa shape index (κ1) is 16.7. The lowest BCUT2D eigenvalue weighted by molar-refractivity contribution is -0.124.